The molecule has 0 saturated carbocycles. The number of hydrogen-bond acceptors (Lipinski definition) is 4. The Morgan fingerprint density at radius 2 is 2.29 bits per heavy atom. The van der Waals surface area contributed by atoms with Crippen LogP contribution in [0.3, 0.4) is 0 Å². The van der Waals surface area contributed by atoms with Crippen molar-refractivity contribution in [2.24, 2.45) is 12.8 Å². The van der Waals surface area contributed by atoms with Crippen molar-refractivity contribution in [2.75, 3.05) is 0 Å². The van der Waals surface area contributed by atoms with Gasteiger partial charge < -0.3 is 20.7 Å². The van der Waals surface area contributed by atoms with E-state index in [1.54, 1.807) is 24.1 Å². The first-order valence-electron chi connectivity index (χ1n) is 5.15. The number of nitrogens with one attached hydrogen (secondary N) is 1. The molecule has 7 heteroatoms. The molecule has 1 unspecified atom stereocenters. The van der Waals surface area contributed by atoms with Crippen LogP contribution < -0.4 is 11.1 Å². The van der Waals surface area contributed by atoms with Crippen LogP contribution in [0.2, 0.25) is 0 Å². The number of aromatic nitrogens is 2. The number of carboxylic acids is 1. The van der Waals surface area contributed by atoms with Crippen molar-refractivity contribution in [3.05, 3.63) is 18.2 Å². The molecule has 4 N–H and O–H groups in total. The third-order valence-electron chi connectivity index (χ3n) is 2.36. The van der Waals surface area contributed by atoms with Crippen LogP contribution in [0.4, 0.5) is 0 Å². The number of aryl methyl sites for hydroxylation is 1. The fourth-order valence-electron chi connectivity index (χ4n) is 1.29. The Bertz CT molecular complexity index is 413. The molecule has 1 amide bonds. The summed E-state index contributed by atoms with van der Waals surface area (Å²) in [5, 5.41) is 11.4. The molecule has 1 aromatic rings. The molecule has 0 spiro atoms. The topological polar surface area (TPSA) is 110 Å². The van der Waals surface area contributed by atoms with Gasteiger partial charge in [0.1, 0.15) is 6.04 Å². The Hall–Kier alpha value is -1.89. The van der Waals surface area contributed by atoms with E-state index in [2.05, 4.69) is 10.3 Å². The molecule has 0 aromatic carbocycles. The van der Waals surface area contributed by atoms with Gasteiger partial charge in [0.25, 0.3) is 0 Å². The zero-order chi connectivity index (χ0) is 13.0. The first kappa shape index (κ1) is 13.2. The van der Waals surface area contributed by atoms with Crippen molar-refractivity contribution in [3.8, 4) is 0 Å². The van der Waals surface area contributed by atoms with Crippen molar-refractivity contribution < 1.29 is 14.7 Å². The lowest BCUT2D eigenvalue weighted by Crippen LogP contribution is -2.48. The van der Waals surface area contributed by atoms with Crippen LogP contribution in [-0.2, 0) is 23.1 Å². The number of carboxylic acid groups (broad SMARTS) is 1. The van der Waals surface area contributed by atoms with E-state index >= 15 is 0 Å². The molecule has 1 aromatic heterocycles. The normalized spacial score (nSPS) is 14.1. The van der Waals surface area contributed by atoms with Gasteiger partial charge in [-0.2, -0.15) is 0 Å². The first-order chi connectivity index (χ1) is 7.91. The lowest BCUT2D eigenvalue weighted by molar-refractivity contribution is -0.141. The lowest BCUT2D eigenvalue weighted by Gasteiger charge is -2.16. The summed E-state index contributed by atoms with van der Waals surface area (Å²) in [7, 11) is 1.76. The van der Waals surface area contributed by atoms with Crippen molar-refractivity contribution in [1.29, 1.82) is 0 Å². The number of carbonyl (C=O) groups excluding carboxylic acids is 1. The summed E-state index contributed by atoms with van der Waals surface area (Å²) in [5.41, 5.74) is 6.09. The zero-order valence-corrected chi connectivity index (χ0v) is 9.75. The molecular weight excluding hydrogens is 224 g/mol. The van der Waals surface area contributed by atoms with E-state index in [0.29, 0.717) is 0 Å². The van der Waals surface area contributed by atoms with Crippen molar-refractivity contribution in [1.82, 2.24) is 14.9 Å². The summed E-state index contributed by atoms with van der Waals surface area (Å²) in [6, 6.07) is -1.73. The van der Waals surface area contributed by atoms with Crippen LogP contribution >= 0.6 is 0 Å². The molecule has 2 atom stereocenters. The molecule has 0 aliphatic rings. The highest BCUT2D eigenvalue weighted by molar-refractivity contribution is 5.86. The quantitative estimate of drug-likeness (QED) is 0.603. The minimum atomic E-state index is -1.10. The Labute approximate surface area is 98.6 Å². The third kappa shape index (κ3) is 3.56. The monoisotopic (exact) mass is 240 g/mol. The van der Waals surface area contributed by atoms with Gasteiger partial charge in [-0.3, -0.25) is 4.79 Å². The molecule has 0 bridgehead atoms. The Morgan fingerprint density at radius 3 is 2.71 bits per heavy atom. The third-order valence-corrected chi connectivity index (χ3v) is 2.36. The highest BCUT2D eigenvalue weighted by Crippen LogP contribution is 2.02. The number of rotatable bonds is 5. The fourth-order valence-corrected chi connectivity index (χ4v) is 1.29. The second kappa shape index (κ2) is 5.44. The summed E-state index contributed by atoms with van der Waals surface area (Å²) in [6.45, 7) is 1.50. The van der Waals surface area contributed by atoms with Gasteiger partial charge in [-0.15, -0.1) is 0 Å². The van der Waals surface area contributed by atoms with Gasteiger partial charge in [-0.05, 0) is 6.92 Å². The Morgan fingerprint density at radius 1 is 1.65 bits per heavy atom. The van der Waals surface area contributed by atoms with Crippen molar-refractivity contribution in [2.45, 2.75) is 25.4 Å². The molecule has 0 aliphatic heterocycles. The lowest BCUT2D eigenvalue weighted by atomic mass is 10.1. The zero-order valence-electron chi connectivity index (χ0n) is 9.75. The molecule has 1 heterocycles. The SMILES string of the molecule is CC(N)C(=O)N[C@@H](Cc1cncn1C)C(=O)O. The number of hydrogen-bond donors (Lipinski definition) is 3. The second-order valence-corrected chi connectivity index (χ2v) is 3.89. The molecule has 94 valence electrons. The maximum Gasteiger partial charge on any atom is 0.326 e. The van der Waals surface area contributed by atoms with Crippen LogP contribution in [-0.4, -0.2) is 38.6 Å². The number of aliphatic carboxylic acids is 1. The van der Waals surface area contributed by atoms with Gasteiger partial charge in [-0.25, -0.2) is 9.78 Å². The average molecular weight is 240 g/mol. The van der Waals surface area contributed by atoms with Crippen LogP contribution in [0, 0.1) is 0 Å². The van der Waals surface area contributed by atoms with Crippen LogP contribution in [0.15, 0.2) is 12.5 Å². The summed E-state index contributed by atoms with van der Waals surface area (Å²) in [6.07, 6.45) is 3.31. The van der Waals surface area contributed by atoms with E-state index in [9.17, 15) is 9.59 Å². The van der Waals surface area contributed by atoms with Gasteiger partial charge in [-0.1, -0.05) is 0 Å². The van der Waals surface area contributed by atoms with E-state index in [1.807, 2.05) is 0 Å². The molecule has 1 rings (SSSR count). The molecule has 17 heavy (non-hydrogen) atoms. The van der Waals surface area contributed by atoms with Crippen LogP contribution in [0.5, 0.6) is 0 Å². The van der Waals surface area contributed by atoms with Gasteiger partial charge in [0.15, 0.2) is 0 Å². The molecular formula is C10H16N4O3. The summed E-state index contributed by atoms with van der Waals surface area (Å²) < 4.78 is 1.70. The number of nitrogens with zero attached hydrogens (tertiary/aromatic N) is 2. The van der Waals surface area contributed by atoms with Crippen molar-refractivity contribution in [3.63, 3.8) is 0 Å². The second-order valence-electron chi connectivity index (χ2n) is 3.89. The van der Waals surface area contributed by atoms with Crippen molar-refractivity contribution >= 4 is 11.9 Å². The molecule has 0 saturated heterocycles. The molecule has 0 fully saturated rings. The number of imidazole rings is 1. The summed E-state index contributed by atoms with van der Waals surface area (Å²) in [4.78, 5) is 26.2. The number of nitrogens with two attached hydrogens (primary N) is 1. The van der Waals surface area contributed by atoms with Gasteiger partial charge in [0.2, 0.25) is 5.91 Å². The average Bonchev–Trinajstić information content (AvgIpc) is 2.62. The van der Waals surface area contributed by atoms with E-state index < -0.39 is 24.0 Å². The Kier molecular flexibility index (Phi) is 4.22. The predicted octanol–water partition coefficient (Wildman–Crippen LogP) is -1.12. The van der Waals surface area contributed by atoms with Gasteiger partial charge in [0, 0.05) is 25.4 Å². The highest BCUT2D eigenvalue weighted by atomic mass is 16.4. The van der Waals surface area contributed by atoms with E-state index in [1.165, 1.54) is 6.92 Å². The maximum atomic E-state index is 11.3. The molecule has 7 nitrogen and oxygen atoms in total. The minimum Gasteiger partial charge on any atom is -0.480 e. The number of carbonyl (C=O) groups is 2. The Balaban J connectivity index is 2.71. The smallest absolute Gasteiger partial charge is 0.326 e. The van der Waals surface area contributed by atoms with Crippen LogP contribution in [0.1, 0.15) is 12.6 Å². The molecule has 0 radical (unpaired) electrons. The maximum absolute atomic E-state index is 11.3. The summed E-state index contributed by atoms with van der Waals surface area (Å²) >= 11 is 0. The first-order valence-corrected chi connectivity index (χ1v) is 5.15. The van der Waals surface area contributed by atoms with E-state index in [4.69, 9.17) is 10.8 Å². The van der Waals surface area contributed by atoms with Gasteiger partial charge in [0.05, 0.1) is 12.4 Å². The highest BCUT2D eigenvalue weighted by Gasteiger charge is 2.22. The standard InChI is InChI=1S/C10H16N4O3/c1-6(11)9(15)13-8(10(16)17)3-7-4-12-5-14(7)2/h4-6,8H,3,11H2,1-2H3,(H,13,15)(H,16,17)/t6?,8-/m0/s1. The summed E-state index contributed by atoms with van der Waals surface area (Å²) in [5.74, 6) is -1.58. The molecule has 0 aliphatic carbocycles. The van der Waals surface area contributed by atoms with E-state index in [0.717, 1.165) is 5.69 Å². The van der Waals surface area contributed by atoms with E-state index in [-0.39, 0.29) is 6.42 Å². The predicted molar refractivity (Wildman–Crippen MR) is 60.1 cm³/mol. The fraction of sp³-hybridized carbons (Fsp3) is 0.500. The number of amides is 1. The van der Waals surface area contributed by atoms with Crippen LogP contribution in [0.25, 0.3) is 0 Å². The minimum absolute atomic E-state index is 0.171. The van der Waals surface area contributed by atoms with Gasteiger partial charge >= 0.3 is 5.97 Å². The largest absolute Gasteiger partial charge is 0.480 e.